The van der Waals surface area contributed by atoms with Crippen molar-refractivity contribution in [2.75, 3.05) is 13.1 Å². The number of aromatic nitrogens is 2. The zero-order valence-electron chi connectivity index (χ0n) is 19.6. The molecule has 3 aromatic rings. The highest BCUT2D eigenvalue weighted by molar-refractivity contribution is 7.19. The first-order valence-electron chi connectivity index (χ1n) is 12.3. The lowest BCUT2D eigenvalue weighted by atomic mass is 10.00. The summed E-state index contributed by atoms with van der Waals surface area (Å²) in [4.78, 5) is 37.2. The van der Waals surface area contributed by atoms with E-state index in [-0.39, 0.29) is 36.3 Å². The molecule has 3 aliphatic rings. The molecule has 3 fully saturated rings. The molecule has 182 valence electrons. The Balaban J connectivity index is 1.36. The summed E-state index contributed by atoms with van der Waals surface area (Å²) in [5.74, 6) is 0.496. The molecular formula is C26H27ClN4O3S. The van der Waals surface area contributed by atoms with E-state index in [0.717, 1.165) is 82.9 Å². The number of halogens is 1. The number of hydrogen-bond acceptors (Lipinski definition) is 7. The third kappa shape index (κ3) is 4.11. The number of carbonyl (C=O) groups excluding carboxylic acids is 2. The Morgan fingerprint density at radius 1 is 1.09 bits per heavy atom. The molecule has 1 saturated carbocycles. The summed E-state index contributed by atoms with van der Waals surface area (Å²) in [7, 11) is 0. The summed E-state index contributed by atoms with van der Waals surface area (Å²) in [6, 6.07) is 5.78. The summed E-state index contributed by atoms with van der Waals surface area (Å²) >= 11 is 8.00. The maximum absolute atomic E-state index is 12.9. The van der Waals surface area contributed by atoms with E-state index in [2.05, 4.69) is 15.3 Å². The van der Waals surface area contributed by atoms with Crippen LogP contribution >= 0.6 is 22.9 Å². The molecule has 0 radical (unpaired) electrons. The number of nitrogens with one attached hydrogen (secondary N) is 1. The van der Waals surface area contributed by atoms with E-state index >= 15 is 0 Å². The Hall–Kier alpha value is -2.55. The second kappa shape index (κ2) is 9.15. The fourth-order valence-electron chi connectivity index (χ4n) is 5.69. The largest absolute Gasteiger partial charge is 0.489 e. The van der Waals surface area contributed by atoms with Crippen LogP contribution in [0.4, 0.5) is 0 Å². The molecule has 0 bridgehead atoms. The first-order valence-corrected chi connectivity index (χ1v) is 13.5. The number of rotatable bonds is 5. The molecule has 2 unspecified atom stereocenters. The lowest BCUT2D eigenvalue weighted by Gasteiger charge is -2.26. The van der Waals surface area contributed by atoms with Gasteiger partial charge in [0.25, 0.3) is 0 Å². The molecule has 1 N–H and O–H groups in total. The topological polar surface area (TPSA) is 84.4 Å². The molecule has 1 aliphatic carbocycles. The molecule has 2 amide bonds. The second-order valence-electron chi connectivity index (χ2n) is 9.72. The van der Waals surface area contributed by atoms with E-state index in [4.69, 9.17) is 16.3 Å². The van der Waals surface area contributed by atoms with Crippen molar-refractivity contribution >= 4 is 45.0 Å². The number of amides is 2. The lowest BCUT2D eigenvalue weighted by molar-refractivity contribution is -0.140. The Labute approximate surface area is 212 Å². The van der Waals surface area contributed by atoms with Crippen LogP contribution in [-0.4, -0.2) is 45.9 Å². The van der Waals surface area contributed by atoms with Crippen LogP contribution in [0.5, 0.6) is 5.75 Å². The second-order valence-corrected chi connectivity index (χ2v) is 11.3. The van der Waals surface area contributed by atoms with Crippen molar-refractivity contribution in [3.8, 4) is 17.0 Å². The van der Waals surface area contributed by atoms with Crippen LogP contribution in [0.2, 0.25) is 5.02 Å². The number of imide groups is 1. The number of hydrogen-bond donors (Lipinski definition) is 1. The highest BCUT2D eigenvalue weighted by Crippen LogP contribution is 2.43. The molecule has 7 nitrogen and oxygen atoms in total. The summed E-state index contributed by atoms with van der Waals surface area (Å²) in [5, 5.41) is 4.00. The minimum absolute atomic E-state index is 0.0237. The van der Waals surface area contributed by atoms with Crippen LogP contribution in [0.15, 0.2) is 24.5 Å². The van der Waals surface area contributed by atoms with Crippen molar-refractivity contribution in [1.29, 1.82) is 0 Å². The number of piperidine rings is 1. The molecule has 0 spiro atoms. The maximum atomic E-state index is 12.9. The monoisotopic (exact) mass is 510 g/mol. The van der Waals surface area contributed by atoms with Gasteiger partial charge in [0.05, 0.1) is 34.3 Å². The van der Waals surface area contributed by atoms with Crippen LogP contribution in [0, 0.1) is 18.8 Å². The van der Waals surface area contributed by atoms with Crippen LogP contribution in [-0.2, 0) is 16.1 Å². The van der Waals surface area contributed by atoms with Gasteiger partial charge in [-0.2, -0.15) is 0 Å². The molecule has 35 heavy (non-hydrogen) atoms. The molecular weight excluding hydrogens is 484 g/mol. The van der Waals surface area contributed by atoms with E-state index < -0.39 is 0 Å². The Bertz CT molecular complexity index is 1300. The first kappa shape index (κ1) is 22.9. The van der Waals surface area contributed by atoms with Gasteiger partial charge in [-0.25, -0.2) is 9.97 Å². The van der Waals surface area contributed by atoms with E-state index in [1.165, 1.54) is 16.2 Å². The molecule has 9 heteroatoms. The molecule has 4 heterocycles. The standard InChI is InChI=1S/C26H27ClN4O3S/c1-14-9-15(27)10-20(23(14)34-16-5-7-28-8-6-16)22-24-21(29-13-30-22)11-17(35-24)12-31-25(32)18-3-2-4-19(18)26(31)33/h9-11,13,16,18-19,28H,2-8,12H2,1H3. The van der Waals surface area contributed by atoms with Crippen molar-refractivity contribution in [3.63, 3.8) is 0 Å². The third-order valence-electron chi connectivity index (χ3n) is 7.42. The zero-order valence-corrected chi connectivity index (χ0v) is 21.1. The molecule has 2 aliphatic heterocycles. The van der Waals surface area contributed by atoms with Gasteiger partial charge in [-0.15, -0.1) is 11.3 Å². The average molecular weight is 511 g/mol. The van der Waals surface area contributed by atoms with Gasteiger partial charge in [0, 0.05) is 15.5 Å². The molecule has 2 saturated heterocycles. The van der Waals surface area contributed by atoms with Gasteiger partial charge >= 0.3 is 0 Å². The number of carbonyl (C=O) groups is 2. The minimum Gasteiger partial charge on any atom is -0.489 e. The number of ether oxygens (including phenoxy) is 1. The van der Waals surface area contributed by atoms with Gasteiger partial charge in [0.1, 0.15) is 18.2 Å². The first-order chi connectivity index (χ1) is 17.0. The fraction of sp³-hybridized carbons (Fsp3) is 0.462. The Kier molecular flexibility index (Phi) is 5.98. The average Bonchev–Trinajstić information content (AvgIpc) is 3.55. The van der Waals surface area contributed by atoms with Gasteiger partial charge in [-0.3, -0.25) is 14.5 Å². The van der Waals surface area contributed by atoms with Crippen molar-refractivity contribution in [3.05, 3.63) is 40.0 Å². The number of fused-ring (bicyclic) bond motifs is 2. The molecule has 6 rings (SSSR count). The number of nitrogens with zero attached hydrogens (tertiary/aromatic N) is 3. The third-order valence-corrected chi connectivity index (χ3v) is 8.76. The maximum Gasteiger partial charge on any atom is 0.233 e. The highest BCUT2D eigenvalue weighted by atomic mass is 35.5. The normalized spacial score (nSPS) is 22.9. The molecule has 2 atom stereocenters. The summed E-state index contributed by atoms with van der Waals surface area (Å²) in [5.41, 5.74) is 3.36. The highest BCUT2D eigenvalue weighted by Gasteiger charge is 2.49. The summed E-state index contributed by atoms with van der Waals surface area (Å²) in [6.45, 7) is 4.17. The fourth-order valence-corrected chi connectivity index (χ4v) is 7.06. The minimum atomic E-state index is -0.128. The number of benzene rings is 1. The van der Waals surface area contributed by atoms with Gasteiger partial charge < -0.3 is 10.1 Å². The van der Waals surface area contributed by atoms with Crippen molar-refractivity contribution in [2.45, 2.75) is 51.7 Å². The zero-order chi connectivity index (χ0) is 24.1. The van der Waals surface area contributed by atoms with Crippen molar-refractivity contribution in [1.82, 2.24) is 20.2 Å². The van der Waals surface area contributed by atoms with E-state index in [1.807, 2.05) is 25.1 Å². The van der Waals surface area contributed by atoms with Gasteiger partial charge in [0.2, 0.25) is 11.8 Å². The predicted octanol–water partition coefficient (Wildman–Crippen LogP) is 4.74. The van der Waals surface area contributed by atoms with Gasteiger partial charge in [-0.1, -0.05) is 18.0 Å². The Morgan fingerprint density at radius 3 is 2.57 bits per heavy atom. The van der Waals surface area contributed by atoms with E-state index in [9.17, 15) is 9.59 Å². The van der Waals surface area contributed by atoms with Crippen molar-refractivity contribution in [2.24, 2.45) is 11.8 Å². The summed E-state index contributed by atoms with van der Waals surface area (Å²) in [6.07, 6.45) is 6.19. The van der Waals surface area contributed by atoms with Gasteiger partial charge in [-0.05, 0) is 69.5 Å². The number of thiophene rings is 1. The summed E-state index contributed by atoms with van der Waals surface area (Å²) < 4.78 is 7.41. The lowest BCUT2D eigenvalue weighted by Crippen LogP contribution is -2.34. The number of aryl methyl sites for hydroxylation is 1. The molecule has 2 aromatic heterocycles. The van der Waals surface area contributed by atoms with Crippen LogP contribution in [0.3, 0.4) is 0 Å². The van der Waals surface area contributed by atoms with Gasteiger partial charge in [0.15, 0.2) is 0 Å². The Morgan fingerprint density at radius 2 is 1.83 bits per heavy atom. The van der Waals surface area contributed by atoms with E-state index in [1.54, 1.807) is 6.33 Å². The quantitative estimate of drug-likeness (QED) is 0.499. The SMILES string of the molecule is Cc1cc(Cl)cc(-c2ncnc3cc(CN4C(=O)C5CCCC5C4=O)sc23)c1OC1CCNCC1. The molecule has 1 aromatic carbocycles. The van der Waals surface area contributed by atoms with Crippen LogP contribution in [0.1, 0.15) is 42.5 Å². The smallest absolute Gasteiger partial charge is 0.233 e. The predicted molar refractivity (Wildman–Crippen MR) is 136 cm³/mol. The number of likely N-dealkylation sites (tertiary alicyclic amines) is 1. The van der Waals surface area contributed by atoms with E-state index in [0.29, 0.717) is 5.02 Å². The van der Waals surface area contributed by atoms with Crippen LogP contribution < -0.4 is 10.1 Å². The van der Waals surface area contributed by atoms with Crippen molar-refractivity contribution < 1.29 is 14.3 Å². The van der Waals surface area contributed by atoms with Crippen LogP contribution in [0.25, 0.3) is 21.5 Å².